The normalized spacial score (nSPS) is 11.9. The predicted molar refractivity (Wildman–Crippen MR) is 173 cm³/mol. The van der Waals surface area contributed by atoms with Crippen LogP contribution in [0.15, 0.2) is 121 Å². The lowest BCUT2D eigenvalue weighted by Gasteiger charge is -2.44. The molecule has 0 radical (unpaired) electrons. The highest BCUT2D eigenvalue weighted by Crippen LogP contribution is 2.12. The average molecular weight is 550 g/mol. The van der Waals surface area contributed by atoms with Gasteiger partial charge in [-0.25, -0.2) is 0 Å². The summed E-state index contributed by atoms with van der Waals surface area (Å²) in [6, 6.07) is 43.5. The summed E-state index contributed by atoms with van der Waals surface area (Å²) in [6.07, 6.45) is -1.17. The lowest BCUT2D eigenvalue weighted by molar-refractivity contribution is -0.686. The highest BCUT2D eigenvalue weighted by Gasteiger charge is 2.31. The van der Waals surface area contributed by atoms with Crippen LogP contribution in [-0.2, 0) is 9.59 Å². The number of benzene rings is 4. The first-order chi connectivity index (χ1) is 19.7. The van der Waals surface area contributed by atoms with Crippen molar-refractivity contribution in [2.45, 2.75) is 40.8 Å². The van der Waals surface area contributed by atoms with Crippen LogP contribution in [0.4, 0.5) is 0 Å². The Morgan fingerprint density at radius 2 is 1.02 bits per heavy atom. The third kappa shape index (κ3) is 8.42. The first kappa shape index (κ1) is 31.4. The molecular weight excluding hydrogens is 505 g/mol. The minimum atomic E-state index is -1.22. The number of hydrogen-bond donors (Lipinski definition) is 3. The van der Waals surface area contributed by atoms with Crippen molar-refractivity contribution in [3.8, 4) is 0 Å². The molecular formula is C35H44BN3O2. The molecule has 0 aliphatic heterocycles. The Kier molecular flexibility index (Phi) is 11.5. The van der Waals surface area contributed by atoms with Gasteiger partial charge in [0.1, 0.15) is 6.15 Å². The van der Waals surface area contributed by atoms with Crippen LogP contribution < -0.4 is 37.8 Å². The molecule has 0 aliphatic carbocycles. The van der Waals surface area contributed by atoms with Gasteiger partial charge in [-0.3, -0.25) is 9.59 Å². The number of hydrogen-bond acceptors (Lipinski definition) is 2. The summed E-state index contributed by atoms with van der Waals surface area (Å²) in [5.74, 6) is -0.274. The molecule has 41 heavy (non-hydrogen) atoms. The zero-order chi connectivity index (χ0) is 29.7. The van der Waals surface area contributed by atoms with Gasteiger partial charge in [0.2, 0.25) is 11.8 Å². The summed E-state index contributed by atoms with van der Waals surface area (Å²) in [7, 11) is 0. The van der Waals surface area contributed by atoms with Crippen LogP contribution >= 0.6 is 0 Å². The summed E-state index contributed by atoms with van der Waals surface area (Å²) in [5.41, 5.74) is 4.90. The van der Waals surface area contributed by atoms with Crippen molar-refractivity contribution in [3.05, 3.63) is 121 Å². The molecule has 214 valence electrons. The Bertz CT molecular complexity index is 1180. The average Bonchev–Trinajstić information content (AvgIpc) is 2.98. The third-order valence-corrected chi connectivity index (χ3v) is 7.27. The van der Waals surface area contributed by atoms with E-state index in [9.17, 15) is 9.59 Å². The molecule has 0 aromatic heterocycles. The quantitative estimate of drug-likeness (QED) is 0.221. The van der Waals surface area contributed by atoms with Crippen molar-refractivity contribution in [2.24, 2.45) is 5.41 Å². The summed E-state index contributed by atoms with van der Waals surface area (Å²) in [4.78, 5) is 22.9. The number of quaternary nitrogens is 1. The first-order valence-corrected chi connectivity index (χ1v) is 14.5. The van der Waals surface area contributed by atoms with E-state index in [0.717, 1.165) is 6.54 Å². The van der Waals surface area contributed by atoms with E-state index in [0.29, 0.717) is 0 Å². The van der Waals surface area contributed by atoms with Gasteiger partial charge in [0.15, 0.2) is 6.17 Å². The second-order valence-electron chi connectivity index (χ2n) is 11.4. The maximum Gasteiger partial charge on any atom is 0.243 e. The van der Waals surface area contributed by atoms with Crippen LogP contribution in [-0.4, -0.2) is 37.2 Å². The molecule has 4 rings (SSSR count). The van der Waals surface area contributed by atoms with Gasteiger partial charge in [0.25, 0.3) is 0 Å². The molecule has 1 unspecified atom stereocenters. The molecule has 1 atom stereocenters. The largest absolute Gasteiger partial charge is 0.347 e. The molecule has 5 nitrogen and oxygen atoms in total. The molecule has 0 fully saturated rings. The van der Waals surface area contributed by atoms with Crippen LogP contribution in [0.5, 0.6) is 0 Å². The van der Waals surface area contributed by atoms with Gasteiger partial charge in [0.05, 0.1) is 13.1 Å². The maximum absolute atomic E-state index is 11.5. The van der Waals surface area contributed by atoms with Crippen LogP contribution in [0.1, 0.15) is 34.6 Å². The molecule has 4 N–H and O–H groups in total. The van der Waals surface area contributed by atoms with Crippen LogP contribution in [0.3, 0.4) is 0 Å². The highest BCUT2D eigenvalue weighted by molar-refractivity contribution is 7.19. The van der Waals surface area contributed by atoms with Crippen LogP contribution in [0.25, 0.3) is 0 Å². The van der Waals surface area contributed by atoms with E-state index >= 15 is 0 Å². The van der Waals surface area contributed by atoms with Crippen molar-refractivity contribution in [2.75, 3.05) is 13.1 Å². The second-order valence-corrected chi connectivity index (χ2v) is 11.4. The topological polar surface area (TPSA) is 74.8 Å². The smallest absolute Gasteiger partial charge is 0.243 e. The minimum Gasteiger partial charge on any atom is -0.347 e. The Labute approximate surface area is 245 Å². The van der Waals surface area contributed by atoms with Gasteiger partial charge in [-0.2, -0.15) is 21.9 Å². The number of carbonyl (C=O) groups excluding carboxylic acids is 2. The van der Waals surface area contributed by atoms with Gasteiger partial charge in [-0.1, -0.05) is 142 Å². The number of nitrogens with one attached hydrogen (secondary N) is 2. The van der Waals surface area contributed by atoms with Crippen LogP contribution in [0, 0.1) is 5.41 Å². The molecule has 0 bridgehead atoms. The standard InChI is InChI=1S/C24H20B.C11H23N3O2/c1-5-13-21(14-6-1)25(22-15-7-2-8-16-22,23-17-9-3-10-18-23)24-19-11-4-12-20-24;1-6-12-8(2)14-9(15)7-13-10(16)11(3,4)5/h1-20H;8,12H,6-7H2,1-5H3,(H,13,16)(H,14,15)/q-1;/p+1. The fraction of sp³-hybridized carbons (Fsp3) is 0.257. The molecule has 6 heteroatoms. The molecule has 2 amide bonds. The molecule has 0 saturated heterocycles. The van der Waals surface area contributed by atoms with Crippen molar-refractivity contribution < 1.29 is 14.9 Å². The Morgan fingerprint density at radius 1 is 0.683 bits per heavy atom. The number of nitrogens with two attached hydrogens (primary N) is 1. The van der Waals surface area contributed by atoms with E-state index in [1.54, 1.807) is 0 Å². The van der Waals surface area contributed by atoms with Gasteiger partial charge in [0, 0.05) is 12.3 Å². The number of amides is 2. The third-order valence-electron chi connectivity index (χ3n) is 7.27. The Balaban J connectivity index is 0.000000253. The molecule has 0 spiro atoms. The van der Waals surface area contributed by atoms with Crippen molar-refractivity contribution >= 4 is 39.8 Å². The summed E-state index contributed by atoms with van der Waals surface area (Å²) in [6.45, 7) is 10.3. The number of carbonyl (C=O) groups is 2. The lowest BCUT2D eigenvalue weighted by Crippen LogP contribution is -2.92. The van der Waals surface area contributed by atoms with Crippen molar-refractivity contribution in [1.29, 1.82) is 0 Å². The SMILES string of the molecule is CC[NH2+]C(C)NC(=O)CNC(=O)C(C)(C)C.c1ccc([B-](c2ccccc2)(c2ccccc2)c2ccccc2)cc1. The van der Waals surface area contributed by atoms with E-state index in [1.165, 1.54) is 21.9 Å². The summed E-state index contributed by atoms with van der Waals surface area (Å²) >= 11 is 0. The first-order valence-electron chi connectivity index (χ1n) is 14.5. The van der Waals surface area contributed by atoms with E-state index in [-0.39, 0.29) is 24.5 Å². The molecule has 0 heterocycles. The maximum atomic E-state index is 11.5. The minimum absolute atomic E-state index is 0.0397. The van der Waals surface area contributed by atoms with Crippen molar-refractivity contribution in [1.82, 2.24) is 10.6 Å². The molecule has 4 aromatic rings. The summed E-state index contributed by atoms with van der Waals surface area (Å²) in [5, 5.41) is 7.39. The van der Waals surface area contributed by atoms with Gasteiger partial charge >= 0.3 is 0 Å². The fourth-order valence-electron chi connectivity index (χ4n) is 5.26. The Hall–Kier alpha value is -4.16. The van der Waals surface area contributed by atoms with Gasteiger partial charge < -0.3 is 16.0 Å². The number of rotatable bonds is 9. The zero-order valence-electron chi connectivity index (χ0n) is 25.0. The predicted octanol–water partition coefficient (Wildman–Crippen LogP) is 2.26. The summed E-state index contributed by atoms with van der Waals surface area (Å²) < 4.78 is 0. The van der Waals surface area contributed by atoms with Crippen LogP contribution in [0.2, 0.25) is 0 Å². The van der Waals surface area contributed by atoms with E-state index in [1.807, 2.05) is 39.9 Å². The van der Waals surface area contributed by atoms with Crippen molar-refractivity contribution in [3.63, 3.8) is 0 Å². The highest BCUT2D eigenvalue weighted by atomic mass is 16.2. The Morgan fingerprint density at radius 3 is 1.32 bits per heavy atom. The van der Waals surface area contributed by atoms with E-state index in [4.69, 9.17) is 0 Å². The van der Waals surface area contributed by atoms with E-state index in [2.05, 4.69) is 132 Å². The zero-order valence-corrected chi connectivity index (χ0v) is 25.0. The lowest BCUT2D eigenvalue weighted by atomic mass is 9.13. The molecule has 0 aliphatic rings. The fourth-order valence-corrected chi connectivity index (χ4v) is 5.26. The van der Waals surface area contributed by atoms with Gasteiger partial charge in [-0.15, -0.1) is 0 Å². The molecule has 4 aromatic carbocycles. The van der Waals surface area contributed by atoms with Gasteiger partial charge in [-0.05, 0) is 6.92 Å². The molecule has 0 saturated carbocycles. The second kappa shape index (κ2) is 15.0. The van der Waals surface area contributed by atoms with E-state index < -0.39 is 11.6 Å². The monoisotopic (exact) mass is 549 g/mol.